The molecule has 1 aromatic rings. The fourth-order valence-electron chi connectivity index (χ4n) is 2.91. The number of rotatable bonds is 3. The molecule has 0 bridgehead atoms. The van der Waals surface area contributed by atoms with Crippen LogP contribution in [0.25, 0.3) is 0 Å². The van der Waals surface area contributed by atoms with Crippen LogP contribution in [-0.4, -0.2) is 6.04 Å². The Morgan fingerprint density at radius 3 is 2.33 bits per heavy atom. The van der Waals surface area contributed by atoms with Gasteiger partial charge in [0.2, 0.25) is 0 Å². The lowest BCUT2D eigenvalue weighted by Crippen LogP contribution is -2.36. The van der Waals surface area contributed by atoms with Crippen LogP contribution < -0.4 is 5.73 Å². The topological polar surface area (TPSA) is 26.0 Å². The normalized spacial score (nSPS) is 21.8. The molecule has 100 valence electrons. The van der Waals surface area contributed by atoms with Gasteiger partial charge in [0, 0.05) is 6.04 Å². The van der Waals surface area contributed by atoms with Crippen LogP contribution in [0.15, 0.2) is 24.3 Å². The largest absolute Gasteiger partial charge is 0.327 e. The number of hydrogen-bond donors (Lipinski definition) is 1. The summed E-state index contributed by atoms with van der Waals surface area (Å²) in [5.74, 6) is 0.454. The second kappa shape index (κ2) is 5.40. The van der Waals surface area contributed by atoms with Crippen molar-refractivity contribution in [2.24, 2.45) is 17.1 Å². The number of nitrogens with two attached hydrogens (primary N) is 1. The Morgan fingerprint density at radius 1 is 1.22 bits per heavy atom. The number of benzene rings is 1. The average molecular weight is 249 g/mol. The molecule has 0 aliphatic heterocycles. The molecular formula is C16H24FN. The molecule has 2 rings (SSSR count). The second-order valence-corrected chi connectivity index (χ2v) is 6.50. The predicted octanol–water partition coefficient (Wildman–Crippen LogP) is 3.91. The van der Waals surface area contributed by atoms with Crippen LogP contribution in [0.4, 0.5) is 4.39 Å². The van der Waals surface area contributed by atoms with Gasteiger partial charge >= 0.3 is 0 Å². The summed E-state index contributed by atoms with van der Waals surface area (Å²) >= 11 is 0. The fraction of sp³-hybridized carbons (Fsp3) is 0.625. The summed E-state index contributed by atoms with van der Waals surface area (Å²) in [5.41, 5.74) is 7.95. The van der Waals surface area contributed by atoms with Crippen LogP contribution >= 0.6 is 0 Å². The van der Waals surface area contributed by atoms with E-state index < -0.39 is 0 Å². The van der Waals surface area contributed by atoms with Gasteiger partial charge in [-0.05, 0) is 61.1 Å². The van der Waals surface area contributed by atoms with Gasteiger partial charge in [0.1, 0.15) is 5.82 Å². The van der Waals surface area contributed by atoms with Crippen LogP contribution in [0, 0.1) is 17.2 Å². The minimum Gasteiger partial charge on any atom is -0.327 e. The molecule has 1 aliphatic carbocycles. The molecule has 1 atom stereocenters. The maximum absolute atomic E-state index is 12.8. The summed E-state index contributed by atoms with van der Waals surface area (Å²) in [4.78, 5) is 0. The van der Waals surface area contributed by atoms with Gasteiger partial charge in [-0.3, -0.25) is 0 Å². The molecule has 1 saturated carbocycles. The van der Waals surface area contributed by atoms with E-state index in [-0.39, 0.29) is 11.9 Å². The minimum absolute atomic E-state index is 0.174. The van der Waals surface area contributed by atoms with Gasteiger partial charge < -0.3 is 5.73 Å². The number of halogens is 1. The summed E-state index contributed by atoms with van der Waals surface area (Å²) in [6.07, 6.45) is 5.87. The SMILES string of the molecule is CC1(C)CCC(C(N)Cc2ccc(F)cc2)CC1. The zero-order valence-corrected chi connectivity index (χ0v) is 11.5. The van der Waals surface area contributed by atoms with E-state index in [1.165, 1.54) is 37.8 Å². The molecule has 0 spiro atoms. The fourth-order valence-corrected chi connectivity index (χ4v) is 2.91. The molecule has 0 radical (unpaired) electrons. The molecular weight excluding hydrogens is 225 g/mol. The zero-order valence-electron chi connectivity index (χ0n) is 11.5. The van der Waals surface area contributed by atoms with Crippen LogP contribution in [0.3, 0.4) is 0 Å². The second-order valence-electron chi connectivity index (χ2n) is 6.50. The van der Waals surface area contributed by atoms with Crippen molar-refractivity contribution in [1.82, 2.24) is 0 Å². The Balaban J connectivity index is 1.89. The first-order valence-corrected chi connectivity index (χ1v) is 6.96. The molecule has 0 aromatic heterocycles. The lowest BCUT2D eigenvalue weighted by molar-refractivity contribution is 0.173. The first-order chi connectivity index (χ1) is 8.46. The Morgan fingerprint density at radius 2 is 1.78 bits per heavy atom. The molecule has 1 aliphatic rings. The molecule has 0 amide bonds. The molecule has 2 heteroatoms. The smallest absolute Gasteiger partial charge is 0.123 e. The molecule has 1 nitrogen and oxygen atoms in total. The summed E-state index contributed by atoms with van der Waals surface area (Å²) in [7, 11) is 0. The summed E-state index contributed by atoms with van der Waals surface area (Å²) in [5, 5.41) is 0. The summed E-state index contributed by atoms with van der Waals surface area (Å²) in [6.45, 7) is 4.68. The minimum atomic E-state index is -0.174. The third-order valence-electron chi connectivity index (χ3n) is 4.37. The molecule has 1 fully saturated rings. The quantitative estimate of drug-likeness (QED) is 0.863. The molecule has 1 aromatic carbocycles. The molecule has 18 heavy (non-hydrogen) atoms. The Bertz CT molecular complexity index is 373. The van der Waals surface area contributed by atoms with Gasteiger partial charge in [0.05, 0.1) is 0 Å². The van der Waals surface area contributed by atoms with E-state index in [0.717, 1.165) is 12.0 Å². The monoisotopic (exact) mass is 249 g/mol. The van der Waals surface area contributed by atoms with Crippen LogP contribution in [0.2, 0.25) is 0 Å². The Hall–Kier alpha value is -0.890. The van der Waals surface area contributed by atoms with E-state index in [4.69, 9.17) is 5.73 Å². The van der Waals surface area contributed by atoms with E-state index in [2.05, 4.69) is 13.8 Å². The van der Waals surface area contributed by atoms with Crippen molar-refractivity contribution in [3.63, 3.8) is 0 Å². The third-order valence-corrected chi connectivity index (χ3v) is 4.37. The van der Waals surface area contributed by atoms with E-state index >= 15 is 0 Å². The maximum Gasteiger partial charge on any atom is 0.123 e. The van der Waals surface area contributed by atoms with E-state index in [1.54, 1.807) is 0 Å². The van der Waals surface area contributed by atoms with E-state index in [1.807, 2.05) is 12.1 Å². The molecule has 0 saturated heterocycles. The van der Waals surface area contributed by atoms with Crippen LogP contribution in [0.5, 0.6) is 0 Å². The van der Waals surface area contributed by atoms with Gasteiger partial charge in [-0.15, -0.1) is 0 Å². The summed E-state index contributed by atoms with van der Waals surface area (Å²) < 4.78 is 12.8. The average Bonchev–Trinajstić information content (AvgIpc) is 2.32. The van der Waals surface area contributed by atoms with Gasteiger partial charge in [-0.25, -0.2) is 4.39 Å². The Labute approximate surface area is 110 Å². The van der Waals surface area contributed by atoms with Crippen molar-refractivity contribution in [3.8, 4) is 0 Å². The lowest BCUT2D eigenvalue weighted by atomic mass is 9.70. The van der Waals surface area contributed by atoms with Gasteiger partial charge in [-0.1, -0.05) is 26.0 Å². The van der Waals surface area contributed by atoms with Crippen molar-refractivity contribution in [1.29, 1.82) is 0 Å². The van der Waals surface area contributed by atoms with Crippen LogP contribution in [0.1, 0.15) is 45.1 Å². The first-order valence-electron chi connectivity index (χ1n) is 6.96. The zero-order chi connectivity index (χ0) is 13.2. The third kappa shape index (κ3) is 3.55. The predicted molar refractivity (Wildman–Crippen MR) is 73.8 cm³/mol. The van der Waals surface area contributed by atoms with Gasteiger partial charge in [-0.2, -0.15) is 0 Å². The van der Waals surface area contributed by atoms with Crippen molar-refractivity contribution in [2.45, 2.75) is 52.0 Å². The number of hydrogen-bond acceptors (Lipinski definition) is 1. The van der Waals surface area contributed by atoms with E-state index in [9.17, 15) is 4.39 Å². The maximum atomic E-state index is 12.8. The standard InChI is InChI=1S/C16H24FN/c1-16(2)9-7-13(8-10-16)15(18)11-12-3-5-14(17)6-4-12/h3-6,13,15H,7-11,18H2,1-2H3. The molecule has 1 unspecified atom stereocenters. The van der Waals surface area contributed by atoms with Crippen molar-refractivity contribution >= 4 is 0 Å². The highest BCUT2D eigenvalue weighted by atomic mass is 19.1. The lowest BCUT2D eigenvalue weighted by Gasteiger charge is -2.36. The Kier molecular flexibility index (Phi) is 4.06. The van der Waals surface area contributed by atoms with Crippen molar-refractivity contribution in [3.05, 3.63) is 35.6 Å². The summed E-state index contributed by atoms with van der Waals surface area (Å²) in [6, 6.07) is 6.95. The van der Waals surface area contributed by atoms with Crippen LogP contribution in [-0.2, 0) is 6.42 Å². The van der Waals surface area contributed by atoms with Crippen molar-refractivity contribution < 1.29 is 4.39 Å². The molecule has 0 heterocycles. The van der Waals surface area contributed by atoms with Crippen molar-refractivity contribution in [2.75, 3.05) is 0 Å². The highest BCUT2D eigenvalue weighted by Crippen LogP contribution is 2.39. The van der Waals surface area contributed by atoms with Gasteiger partial charge in [0.15, 0.2) is 0 Å². The highest BCUT2D eigenvalue weighted by molar-refractivity contribution is 5.17. The molecule has 2 N–H and O–H groups in total. The first kappa shape index (κ1) is 13.5. The highest BCUT2D eigenvalue weighted by Gasteiger charge is 2.29. The van der Waals surface area contributed by atoms with Gasteiger partial charge in [0.25, 0.3) is 0 Å². The van der Waals surface area contributed by atoms with E-state index in [0.29, 0.717) is 11.3 Å².